The van der Waals surface area contributed by atoms with Crippen LogP contribution >= 0.6 is 23.5 Å². The number of hydrogen-bond donors (Lipinski definition) is 0. The predicted molar refractivity (Wildman–Crippen MR) is 200 cm³/mol. The summed E-state index contributed by atoms with van der Waals surface area (Å²) in [6, 6.07) is 29.3. The molecular weight excluding hydrogens is 633 g/mol. The Balaban J connectivity index is 1.21. The molecule has 0 fully saturated rings. The van der Waals surface area contributed by atoms with Crippen LogP contribution < -0.4 is 0 Å². The highest BCUT2D eigenvalue weighted by Gasteiger charge is 2.01. The smallest absolute Gasteiger partial charge is 0.330 e. The molecule has 0 aliphatic rings. The molecule has 0 bridgehead atoms. The lowest BCUT2D eigenvalue weighted by Gasteiger charge is -2.03. The van der Waals surface area contributed by atoms with Crippen molar-refractivity contribution in [2.24, 2.45) is 0 Å². The van der Waals surface area contributed by atoms with Crippen LogP contribution in [-0.4, -0.2) is 36.7 Å². The lowest BCUT2D eigenvalue weighted by atomic mass is 10.0. The van der Waals surface area contributed by atoms with Crippen LogP contribution in [0.2, 0.25) is 0 Å². The van der Waals surface area contributed by atoms with Crippen LogP contribution in [0.15, 0.2) is 120 Å². The quantitative estimate of drug-likeness (QED) is 0.0389. The number of hydrogen-bond acceptors (Lipinski definition) is 6. The summed E-state index contributed by atoms with van der Waals surface area (Å²) in [5, 5.41) is 2.27. The van der Waals surface area contributed by atoms with E-state index in [1.807, 2.05) is 23.5 Å². The lowest BCUT2D eigenvalue weighted by molar-refractivity contribution is -0.138. The van der Waals surface area contributed by atoms with Gasteiger partial charge in [-0.1, -0.05) is 49.0 Å². The molecule has 0 unspecified atom stereocenters. The molecule has 0 atom stereocenters. The number of rotatable bonds is 16. The maximum absolute atomic E-state index is 11.1. The highest BCUT2D eigenvalue weighted by molar-refractivity contribution is 7.99. The second-order valence-corrected chi connectivity index (χ2v) is 13.2. The molecule has 244 valence electrons. The molecular formula is C42H40O4S2. The molecule has 4 aromatic rings. The fraction of sp³-hybridized carbons (Fsp3) is 0.238. The number of unbranched alkanes of at least 4 members (excludes halogenated alkanes) is 4. The summed E-state index contributed by atoms with van der Waals surface area (Å²) in [5.41, 5.74) is 3.93. The van der Waals surface area contributed by atoms with Crippen molar-refractivity contribution in [3.05, 3.63) is 132 Å². The highest BCUT2D eigenvalue weighted by Crippen LogP contribution is 2.22. The zero-order chi connectivity index (χ0) is 33.8. The van der Waals surface area contributed by atoms with Gasteiger partial charge in [-0.3, -0.25) is 0 Å². The molecule has 0 heterocycles. The van der Waals surface area contributed by atoms with Crippen molar-refractivity contribution in [1.29, 1.82) is 0 Å². The second kappa shape index (κ2) is 20.6. The fourth-order valence-corrected chi connectivity index (χ4v) is 6.39. The average molecular weight is 673 g/mol. The number of thioether (sulfide) groups is 2. The van der Waals surface area contributed by atoms with Crippen molar-refractivity contribution in [3.8, 4) is 23.7 Å². The number of esters is 2. The van der Waals surface area contributed by atoms with Gasteiger partial charge in [-0.05, 0) is 134 Å². The number of carbonyl (C=O) groups excluding carboxylic acids is 2. The molecule has 4 rings (SSSR count). The van der Waals surface area contributed by atoms with E-state index in [1.54, 1.807) is 0 Å². The summed E-state index contributed by atoms with van der Waals surface area (Å²) in [5.74, 6) is 14.5. The first-order valence-corrected chi connectivity index (χ1v) is 18.1. The molecule has 48 heavy (non-hydrogen) atoms. The summed E-state index contributed by atoms with van der Waals surface area (Å²) in [6.07, 6.45) is 8.34. The van der Waals surface area contributed by atoms with E-state index in [2.05, 4.69) is 122 Å². The summed E-state index contributed by atoms with van der Waals surface area (Å²) in [7, 11) is 0. The molecule has 0 aromatic heterocycles. The zero-order valence-electron chi connectivity index (χ0n) is 27.2. The Bertz CT molecular complexity index is 1670. The van der Waals surface area contributed by atoms with Gasteiger partial charge in [-0.2, -0.15) is 0 Å². The number of benzene rings is 4. The van der Waals surface area contributed by atoms with Gasteiger partial charge in [-0.25, -0.2) is 9.59 Å². The van der Waals surface area contributed by atoms with E-state index in [1.165, 1.54) is 21.9 Å². The molecule has 0 radical (unpaired) electrons. The fourth-order valence-electron chi connectivity index (χ4n) is 4.56. The van der Waals surface area contributed by atoms with Crippen molar-refractivity contribution >= 4 is 46.2 Å². The molecule has 4 aromatic carbocycles. The van der Waals surface area contributed by atoms with Gasteiger partial charge in [0.2, 0.25) is 0 Å². The van der Waals surface area contributed by atoms with E-state index in [-0.39, 0.29) is 11.9 Å². The van der Waals surface area contributed by atoms with Crippen molar-refractivity contribution < 1.29 is 19.1 Å². The monoisotopic (exact) mass is 672 g/mol. The van der Waals surface area contributed by atoms with Crippen LogP contribution in [-0.2, 0) is 19.1 Å². The van der Waals surface area contributed by atoms with E-state index in [0.29, 0.717) is 13.2 Å². The molecule has 0 aliphatic carbocycles. The minimum atomic E-state index is -0.356. The molecule has 0 spiro atoms. The molecule has 0 saturated carbocycles. The number of carbonyl (C=O) groups is 2. The molecule has 0 saturated heterocycles. The normalized spacial score (nSPS) is 10.2. The Morgan fingerprint density at radius 3 is 1.29 bits per heavy atom. The largest absolute Gasteiger partial charge is 0.463 e. The molecule has 0 N–H and O–H groups in total. The topological polar surface area (TPSA) is 52.6 Å². The Kier molecular flexibility index (Phi) is 15.5. The van der Waals surface area contributed by atoms with Crippen LogP contribution in [0.3, 0.4) is 0 Å². The van der Waals surface area contributed by atoms with Crippen LogP contribution in [0.4, 0.5) is 0 Å². The average Bonchev–Trinajstić information content (AvgIpc) is 3.12. The Hall–Kier alpha value is -4.62. The van der Waals surface area contributed by atoms with Gasteiger partial charge in [0.25, 0.3) is 0 Å². The lowest BCUT2D eigenvalue weighted by Crippen LogP contribution is -2.01. The summed E-state index contributed by atoms with van der Waals surface area (Å²) in [4.78, 5) is 24.6. The number of fused-ring (bicyclic) bond motifs is 1. The zero-order valence-corrected chi connectivity index (χ0v) is 28.8. The van der Waals surface area contributed by atoms with Crippen LogP contribution in [0, 0.1) is 23.7 Å². The van der Waals surface area contributed by atoms with E-state index >= 15 is 0 Å². The highest BCUT2D eigenvalue weighted by atomic mass is 32.2. The van der Waals surface area contributed by atoms with E-state index < -0.39 is 0 Å². The van der Waals surface area contributed by atoms with Gasteiger partial charge in [0.05, 0.1) is 13.2 Å². The van der Waals surface area contributed by atoms with E-state index in [9.17, 15) is 9.59 Å². The first kappa shape index (κ1) is 36.2. The Labute approximate surface area is 293 Å². The molecule has 6 heteroatoms. The van der Waals surface area contributed by atoms with E-state index in [0.717, 1.165) is 83.1 Å². The van der Waals surface area contributed by atoms with Crippen LogP contribution in [0.1, 0.15) is 60.8 Å². The third-order valence-corrected chi connectivity index (χ3v) is 9.38. The van der Waals surface area contributed by atoms with Gasteiger partial charge in [0.1, 0.15) is 0 Å². The van der Waals surface area contributed by atoms with Gasteiger partial charge in [-0.15, -0.1) is 23.5 Å². The van der Waals surface area contributed by atoms with Crippen molar-refractivity contribution in [2.45, 2.75) is 48.3 Å². The molecule has 4 nitrogen and oxygen atoms in total. The van der Waals surface area contributed by atoms with Gasteiger partial charge in [0, 0.05) is 44.2 Å². The molecule has 0 aliphatic heterocycles. The SMILES string of the molecule is C=CC(=O)OCCCCCSc1ccc(C#Cc2ccc3cc(C#Cc4ccc(SCCCCCOC(=O)C=C)cc4)ccc3c2)cc1. The molecule has 0 amide bonds. The van der Waals surface area contributed by atoms with Crippen molar-refractivity contribution in [3.63, 3.8) is 0 Å². The third kappa shape index (κ3) is 13.2. The summed E-state index contributed by atoms with van der Waals surface area (Å²) in [6.45, 7) is 7.71. The Morgan fingerprint density at radius 2 is 0.896 bits per heavy atom. The first-order chi connectivity index (χ1) is 23.5. The van der Waals surface area contributed by atoms with Crippen molar-refractivity contribution in [1.82, 2.24) is 0 Å². The summed E-state index contributed by atoms with van der Waals surface area (Å²) >= 11 is 3.66. The van der Waals surface area contributed by atoms with Crippen LogP contribution in [0.5, 0.6) is 0 Å². The predicted octanol–water partition coefficient (Wildman–Crippen LogP) is 9.62. The summed E-state index contributed by atoms with van der Waals surface area (Å²) < 4.78 is 10.0. The second-order valence-electron chi connectivity index (χ2n) is 10.9. The standard InChI is InChI=1S/C42H40O4S2/c1-3-41(43)45-27-7-5-9-29-47-39-23-17-33(18-24-39)11-13-35-15-21-38-32-36(16-22-37(38)31-35)14-12-34-19-25-40(26-20-34)48-30-10-6-8-28-46-42(44)4-2/h3-4,15-26,31-32H,1-2,5-10,27-30H2. The Morgan fingerprint density at radius 1 is 0.521 bits per heavy atom. The minimum Gasteiger partial charge on any atom is -0.463 e. The maximum Gasteiger partial charge on any atom is 0.330 e. The third-order valence-electron chi connectivity index (χ3n) is 7.19. The number of ether oxygens (including phenoxy) is 2. The van der Waals surface area contributed by atoms with Crippen molar-refractivity contribution in [2.75, 3.05) is 24.7 Å². The van der Waals surface area contributed by atoms with Crippen LogP contribution in [0.25, 0.3) is 10.8 Å². The van der Waals surface area contributed by atoms with Gasteiger partial charge < -0.3 is 9.47 Å². The van der Waals surface area contributed by atoms with E-state index in [4.69, 9.17) is 9.47 Å². The first-order valence-electron chi connectivity index (χ1n) is 16.1. The maximum atomic E-state index is 11.1. The minimum absolute atomic E-state index is 0.356. The van der Waals surface area contributed by atoms with Gasteiger partial charge in [0.15, 0.2) is 0 Å². The van der Waals surface area contributed by atoms with Gasteiger partial charge >= 0.3 is 11.9 Å².